The molecule has 0 bridgehead atoms. The van der Waals surface area contributed by atoms with Gasteiger partial charge in [0, 0.05) is 11.1 Å². The van der Waals surface area contributed by atoms with Gasteiger partial charge in [-0.25, -0.2) is 4.39 Å². The summed E-state index contributed by atoms with van der Waals surface area (Å²) >= 11 is 0. The molecular weight excluding hydrogens is 517 g/mol. The van der Waals surface area contributed by atoms with Gasteiger partial charge in [0.05, 0.1) is 12.6 Å². The Morgan fingerprint density at radius 2 is 1.71 bits per heavy atom. The second-order valence-corrected chi connectivity index (χ2v) is 13.1. The normalized spacial score (nSPS) is 21.7. The molecule has 1 saturated carbocycles. The Morgan fingerprint density at radius 1 is 1.10 bits per heavy atom. The Balaban J connectivity index is 1.73. The van der Waals surface area contributed by atoms with Crippen LogP contribution in [0.3, 0.4) is 0 Å². The van der Waals surface area contributed by atoms with Gasteiger partial charge in [-0.3, -0.25) is 20.0 Å². The van der Waals surface area contributed by atoms with Crippen LogP contribution in [0.1, 0.15) is 101 Å². The van der Waals surface area contributed by atoms with Crippen LogP contribution in [0.25, 0.3) is 0 Å². The third-order valence-electron chi connectivity index (χ3n) is 8.64. The van der Waals surface area contributed by atoms with Gasteiger partial charge in [-0.05, 0) is 97.7 Å². The van der Waals surface area contributed by atoms with Gasteiger partial charge in [-0.2, -0.15) is 0 Å². The monoisotopic (exact) mass is 561 g/mol. The summed E-state index contributed by atoms with van der Waals surface area (Å²) in [7, 11) is 0. The predicted octanol–water partition coefficient (Wildman–Crippen LogP) is 6.23. The number of hydrogen-bond acceptors (Lipinski definition) is 4. The van der Waals surface area contributed by atoms with Crippen molar-refractivity contribution in [2.75, 3.05) is 6.54 Å². The fourth-order valence-electron chi connectivity index (χ4n) is 6.21. The van der Waals surface area contributed by atoms with E-state index >= 15 is 0 Å². The van der Waals surface area contributed by atoms with E-state index in [0.717, 1.165) is 44.1 Å². The highest BCUT2D eigenvalue weighted by atomic mass is 19.1. The number of hydrogen-bond donors (Lipinski definition) is 3. The van der Waals surface area contributed by atoms with E-state index in [0.29, 0.717) is 28.7 Å². The lowest BCUT2D eigenvalue weighted by atomic mass is 9.69. The first-order valence-corrected chi connectivity index (χ1v) is 14.7. The lowest BCUT2D eigenvalue weighted by Gasteiger charge is -2.47. The molecular formula is C33H44FN5O2. The second kappa shape index (κ2) is 12.1. The zero-order valence-corrected chi connectivity index (χ0v) is 25.0. The maximum Gasteiger partial charge on any atom is 0.275 e. The lowest BCUT2D eigenvalue weighted by Crippen LogP contribution is -2.51. The van der Waals surface area contributed by atoms with Gasteiger partial charge in [0.2, 0.25) is 0 Å². The fourth-order valence-corrected chi connectivity index (χ4v) is 6.21. The van der Waals surface area contributed by atoms with E-state index in [-0.39, 0.29) is 41.5 Å². The predicted molar refractivity (Wildman–Crippen MR) is 161 cm³/mol. The largest absolute Gasteiger partial charge is 0.386 e. The van der Waals surface area contributed by atoms with E-state index in [1.807, 2.05) is 17.0 Å². The zero-order chi connectivity index (χ0) is 29.9. The molecule has 0 saturated heterocycles. The zero-order valence-electron chi connectivity index (χ0n) is 25.0. The summed E-state index contributed by atoms with van der Waals surface area (Å²) in [5.74, 6) is 0.0948. The molecule has 0 radical (unpaired) electrons. The van der Waals surface area contributed by atoms with Crippen LogP contribution in [0.15, 0.2) is 53.5 Å². The minimum absolute atomic E-state index is 0.0124. The molecule has 220 valence electrons. The number of amidine groups is 1. The molecule has 2 aromatic rings. The van der Waals surface area contributed by atoms with Crippen LogP contribution in [-0.4, -0.2) is 40.5 Å². The van der Waals surface area contributed by atoms with Crippen LogP contribution in [0.2, 0.25) is 0 Å². The van der Waals surface area contributed by atoms with Crippen molar-refractivity contribution in [2.45, 2.75) is 84.8 Å². The number of nitrogens with zero attached hydrogens (tertiary/aromatic N) is 2. The van der Waals surface area contributed by atoms with E-state index in [4.69, 9.17) is 16.1 Å². The number of halogens is 1. The second-order valence-electron chi connectivity index (χ2n) is 13.1. The molecule has 1 aliphatic carbocycles. The Hall–Kier alpha value is -3.55. The third-order valence-corrected chi connectivity index (χ3v) is 8.64. The number of amides is 2. The van der Waals surface area contributed by atoms with Crippen molar-refractivity contribution in [1.82, 2.24) is 10.2 Å². The van der Waals surface area contributed by atoms with Crippen molar-refractivity contribution in [3.63, 3.8) is 0 Å². The molecule has 0 aromatic heterocycles. The smallest absolute Gasteiger partial charge is 0.275 e. The van der Waals surface area contributed by atoms with Crippen LogP contribution in [-0.2, 0) is 4.79 Å². The molecule has 1 spiro atoms. The lowest BCUT2D eigenvalue weighted by molar-refractivity contribution is -0.133. The summed E-state index contributed by atoms with van der Waals surface area (Å²) in [5.41, 5.74) is 7.35. The summed E-state index contributed by atoms with van der Waals surface area (Å²) in [4.78, 5) is 34.1. The summed E-state index contributed by atoms with van der Waals surface area (Å²) in [6, 6.07) is 13.2. The van der Waals surface area contributed by atoms with Crippen LogP contribution in [0.4, 0.5) is 4.39 Å². The Kier molecular flexibility index (Phi) is 9.00. The van der Waals surface area contributed by atoms with Gasteiger partial charge in [0.1, 0.15) is 23.0 Å². The molecule has 1 atom stereocenters. The van der Waals surface area contributed by atoms with Crippen LogP contribution in [0, 0.1) is 28.5 Å². The minimum Gasteiger partial charge on any atom is -0.386 e. The van der Waals surface area contributed by atoms with Crippen LogP contribution < -0.4 is 11.1 Å². The molecule has 2 amide bonds. The number of nitrogens with two attached hydrogens (primary N) is 1. The standard InChI is InChI=1S/C33H44FN5O2/c1-21(2)6-15-27(22-7-9-24(10-8-22)30(40)37-20-28(35)36)39-31(41)29(23-11-13-26(34)14-12-23)38-33(39)18-16-25(17-19-33)32(3,4)5/h7-14,21,25,27H,6,15-20H2,1-5H3,(H3,35,36)(H,37,40). The molecule has 1 aliphatic heterocycles. The first-order chi connectivity index (χ1) is 19.3. The molecule has 1 unspecified atom stereocenters. The average Bonchev–Trinajstić information content (AvgIpc) is 3.19. The third kappa shape index (κ3) is 6.85. The summed E-state index contributed by atoms with van der Waals surface area (Å²) in [6.07, 6.45) is 5.17. The maximum atomic E-state index is 14.3. The van der Waals surface area contributed by atoms with Gasteiger partial charge in [0.25, 0.3) is 11.8 Å². The molecule has 41 heavy (non-hydrogen) atoms. The van der Waals surface area contributed by atoms with E-state index in [1.54, 1.807) is 24.3 Å². The average molecular weight is 562 g/mol. The molecule has 2 aromatic carbocycles. The van der Waals surface area contributed by atoms with Crippen molar-refractivity contribution < 1.29 is 14.0 Å². The molecule has 1 fully saturated rings. The van der Waals surface area contributed by atoms with Crippen LogP contribution >= 0.6 is 0 Å². The number of aliphatic imine (C=N–C) groups is 1. The topological polar surface area (TPSA) is 112 Å². The minimum atomic E-state index is -0.665. The van der Waals surface area contributed by atoms with Crippen molar-refractivity contribution in [2.24, 2.45) is 28.0 Å². The summed E-state index contributed by atoms with van der Waals surface area (Å²) < 4.78 is 13.8. The quantitative estimate of drug-likeness (QED) is 0.249. The first kappa shape index (κ1) is 30.4. The van der Waals surface area contributed by atoms with E-state index in [2.05, 4.69) is 39.9 Å². The maximum absolute atomic E-state index is 14.3. The fraction of sp³-hybridized carbons (Fsp3) is 0.515. The molecule has 1 heterocycles. The highest BCUT2D eigenvalue weighted by Gasteiger charge is 2.52. The highest BCUT2D eigenvalue weighted by Crippen LogP contribution is 2.50. The van der Waals surface area contributed by atoms with Crippen LogP contribution in [0.5, 0.6) is 0 Å². The molecule has 4 N–H and O–H groups in total. The van der Waals surface area contributed by atoms with Crippen molar-refractivity contribution >= 4 is 23.4 Å². The van der Waals surface area contributed by atoms with Crippen molar-refractivity contribution in [1.29, 1.82) is 5.41 Å². The molecule has 4 rings (SSSR count). The van der Waals surface area contributed by atoms with Gasteiger partial charge in [-0.15, -0.1) is 0 Å². The van der Waals surface area contributed by atoms with E-state index in [9.17, 15) is 14.0 Å². The van der Waals surface area contributed by atoms with Gasteiger partial charge in [-0.1, -0.05) is 46.8 Å². The number of carbonyl (C=O) groups excluding carboxylic acids is 2. The number of rotatable bonds is 9. The van der Waals surface area contributed by atoms with Crippen molar-refractivity contribution in [3.8, 4) is 0 Å². The molecule has 8 heteroatoms. The van der Waals surface area contributed by atoms with E-state index in [1.165, 1.54) is 12.1 Å². The van der Waals surface area contributed by atoms with E-state index < -0.39 is 5.66 Å². The molecule has 7 nitrogen and oxygen atoms in total. The van der Waals surface area contributed by atoms with Gasteiger partial charge < -0.3 is 16.0 Å². The van der Waals surface area contributed by atoms with Gasteiger partial charge >= 0.3 is 0 Å². The summed E-state index contributed by atoms with van der Waals surface area (Å²) in [5, 5.41) is 10.0. The SMILES string of the molecule is CC(C)CCC(c1ccc(C(=O)NCC(=N)N)cc1)N1C(=O)C(c2ccc(F)cc2)=NC12CCC(C(C)(C)C)CC2. The van der Waals surface area contributed by atoms with Crippen molar-refractivity contribution in [3.05, 3.63) is 71.0 Å². The first-order valence-electron chi connectivity index (χ1n) is 14.7. The Morgan fingerprint density at radius 3 is 2.24 bits per heavy atom. The Bertz CT molecular complexity index is 1290. The number of benzene rings is 2. The highest BCUT2D eigenvalue weighted by molar-refractivity contribution is 6.46. The summed E-state index contributed by atoms with van der Waals surface area (Å²) in [6.45, 7) is 11.2. The van der Waals surface area contributed by atoms with Gasteiger partial charge in [0.15, 0.2) is 0 Å². The number of carbonyl (C=O) groups is 2. The number of nitrogens with one attached hydrogen (secondary N) is 2. The Labute approximate surface area is 243 Å². The molecule has 2 aliphatic rings.